The fourth-order valence-corrected chi connectivity index (χ4v) is 7.87. The predicted molar refractivity (Wildman–Crippen MR) is 160 cm³/mol. The maximum atomic E-state index is 13.8. The molecular weight excluding hydrogens is 567 g/mol. The van der Waals surface area contributed by atoms with Crippen molar-refractivity contribution in [1.29, 1.82) is 0 Å². The van der Waals surface area contributed by atoms with Crippen molar-refractivity contribution in [3.63, 3.8) is 0 Å². The average molecular weight is 602 g/mol. The highest BCUT2D eigenvalue weighted by Gasteiger charge is 2.44. The number of sulfonamides is 1. The van der Waals surface area contributed by atoms with Crippen molar-refractivity contribution in [3.8, 4) is 0 Å². The highest BCUT2D eigenvalue weighted by atomic mass is 35.5. The lowest BCUT2D eigenvalue weighted by Crippen LogP contribution is -2.41. The molecule has 40 heavy (non-hydrogen) atoms. The fraction of sp³-hybridized carbons (Fsp3) is 0.467. The third kappa shape index (κ3) is 6.16. The summed E-state index contributed by atoms with van der Waals surface area (Å²) in [6.07, 6.45) is 7.71. The Labute approximate surface area is 246 Å². The number of rotatable bonds is 8. The number of halogens is 2. The number of nitrogens with zero attached hydrogens (tertiary/aromatic N) is 3. The van der Waals surface area contributed by atoms with Crippen molar-refractivity contribution in [2.75, 3.05) is 26.2 Å². The Morgan fingerprint density at radius 2 is 1.70 bits per heavy atom. The second kappa shape index (κ2) is 11.6. The van der Waals surface area contributed by atoms with E-state index in [4.69, 9.17) is 28.3 Å². The van der Waals surface area contributed by atoms with Crippen LogP contribution in [0.1, 0.15) is 55.7 Å². The number of hydrogen-bond donors (Lipinski definition) is 1. The molecule has 0 spiro atoms. The molecule has 6 rings (SSSR count). The average Bonchev–Trinajstić information content (AvgIpc) is 3.51. The molecule has 2 aliphatic heterocycles. The first-order chi connectivity index (χ1) is 19.3. The Hall–Kier alpha value is -2.23. The van der Waals surface area contributed by atoms with Crippen LogP contribution in [0.2, 0.25) is 10.0 Å². The largest absolute Gasteiger partial charge is 0.293 e. The molecule has 1 amide bonds. The number of hydrazone groups is 1. The summed E-state index contributed by atoms with van der Waals surface area (Å²) in [5.74, 6) is 0.447. The van der Waals surface area contributed by atoms with E-state index in [0.29, 0.717) is 42.0 Å². The molecule has 3 atom stereocenters. The number of likely N-dealkylation sites (tertiary alicyclic amines) is 1. The van der Waals surface area contributed by atoms with Crippen LogP contribution in [0.5, 0.6) is 0 Å². The van der Waals surface area contributed by atoms with Crippen LogP contribution in [0, 0.1) is 11.8 Å². The molecule has 212 valence electrons. The second-order valence-corrected chi connectivity index (χ2v) is 14.3. The molecule has 4 aliphatic rings. The van der Waals surface area contributed by atoms with E-state index >= 15 is 0 Å². The van der Waals surface area contributed by atoms with Gasteiger partial charge in [-0.1, -0.05) is 47.5 Å². The molecule has 2 aliphatic carbocycles. The van der Waals surface area contributed by atoms with Crippen LogP contribution in [0.4, 0.5) is 0 Å². The zero-order chi connectivity index (χ0) is 27.9. The minimum Gasteiger partial charge on any atom is -0.293 e. The SMILES string of the molecule is O=C(CN1CCC(S(=O)(=O)NCC2CC2)C1)N1N=C2/C(=C\c3ccc(Cl)cc3)CCCC2C1c1ccc(Cl)cc1. The van der Waals surface area contributed by atoms with Gasteiger partial charge >= 0.3 is 0 Å². The highest BCUT2D eigenvalue weighted by molar-refractivity contribution is 7.90. The van der Waals surface area contributed by atoms with Crippen LogP contribution in [0.3, 0.4) is 0 Å². The van der Waals surface area contributed by atoms with Crippen LogP contribution in [-0.4, -0.2) is 61.4 Å². The molecule has 0 aromatic heterocycles. The quantitative estimate of drug-likeness (QED) is 0.432. The van der Waals surface area contributed by atoms with Gasteiger partial charge in [-0.2, -0.15) is 5.10 Å². The van der Waals surface area contributed by atoms with Gasteiger partial charge in [-0.15, -0.1) is 0 Å². The molecule has 3 unspecified atom stereocenters. The predicted octanol–water partition coefficient (Wildman–Crippen LogP) is 5.52. The Morgan fingerprint density at radius 1 is 1.00 bits per heavy atom. The monoisotopic (exact) mass is 600 g/mol. The molecule has 7 nitrogen and oxygen atoms in total. The first-order valence-electron chi connectivity index (χ1n) is 14.1. The number of carbonyl (C=O) groups excluding carboxylic acids is 1. The van der Waals surface area contributed by atoms with Gasteiger partial charge in [0.1, 0.15) is 0 Å². The van der Waals surface area contributed by atoms with E-state index < -0.39 is 15.3 Å². The number of amides is 1. The van der Waals surface area contributed by atoms with Crippen molar-refractivity contribution in [3.05, 3.63) is 75.3 Å². The van der Waals surface area contributed by atoms with Crippen molar-refractivity contribution in [2.45, 2.75) is 49.8 Å². The van der Waals surface area contributed by atoms with Gasteiger partial charge in [0.15, 0.2) is 0 Å². The van der Waals surface area contributed by atoms with Crippen LogP contribution in [-0.2, 0) is 14.8 Å². The Balaban J connectivity index is 1.23. The second-order valence-electron chi connectivity index (χ2n) is 11.4. The van der Waals surface area contributed by atoms with Gasteiger partial charge in [0, 0.05) is 35.6 Å². The number of nitrogens with one attached hydrogen (secondary N) is 1. The minimum atomic E-state index is -3.39. The zero-order valence-electron chi connectivity index (χ0n) is 22.3. The smallest absolute Gasteiger partial charge is 0.257 e. The first-order valence-corrected chi connectivity index (χ1v) is 16.4. The lowest BCUT2D eigenvalue weighted by molar-refractivity contribution is -0.134. The molecule has 0 radical (unpaired) electrons. The number of hydrogen-bond acceptors (Lipinski definition) is 5. The summed E-state index contributed by atoms with van der Waals surface area (Å²) >= 11 is 12.3. The molecule has 2 aromatic rings. The molecule has 2 heterocycles. The van der Waals surface area contributed by atoms with E-state index in [0.717, 1.165) is 54.5 Å². The first kappa shape index (κ1) is 27.9. The van der Waals surface area contributed by atoms with E-state index in [1.165, 1.54) is 0 Å². The van der Waals surface area contributed by atoms with E-state index in [1.54, 1.807) is 5.01 Å². The number of benzene rings is 2. The van der Waals surface area contributed by atoms with Crippen molar-refractivity contribution >= 4 is 50.9 Å². The molecule has 2 saturated carbocycles. The van der Waals surface area contributed by atoms with Crippen molar-refractivity contribution in [1.82, 2.24) is 14.6 Å². The van der Waals surface area contributed by atoms with Gasteiger partial charge in [-0.25, -0.2) is 18.1 Å². The van der Waals surface area contributed by atoms with Crippen molar-refractivity contribution < 1.29 is 13.2 Å². The van der Waals surface area contributed by atoms with Gasteiger partial charge in [0.05, 0.1) is 23.5 Å². The third-order valence-electron chi connectivity index (χ3n) is 8.48. The van der Waals surface area contributed by atoms with E-state index in [9.17, 15) is 13.2 Å². The number of fused-ring (bicyclic) bond motifs is 1. The van der Waals surface area contributed by atoms with Gasteiger partial charge in [0.2, 0.25) is 10.0 Å². The van der Waals surface area contributed by atoms with Crippen LogP contribution >= 0.6 is 23.2 Å². The summed E-state index contributed by atoms with van der Waals surface area (Å²) in [6.45, 7) is 1.59. The lowest BCUT2D eigenvalue weighted by Gasteiger charge is -2.30. The summed E-state index contributed by atoms with van der Waals surface area (Å²) in [6, 6.07) is 15.2. The summed E-state index contributed by atoms with van der Waals surface area (Å²) in [4.78, 5) is 15.8. The molecule has 1 N–H and O–H groups in total. The summed E-state index contributed by atoms with van der Waals surface area (Å²) in [7, 11) is -3.39. The van der Waals surface area contributed by atoms with Crippen LogP contribution < -0.4 is 4.72 Å². The van der Waals surface area contributed by atoms with Gasteiger partial charge < -0.3 is 0 Å². The number of carbonyl (C=O) groups is 1. The molecular formula is C30H34Cl2N4O3S. The molecule has 2 aromatic carbocycles. The molecule has 0 bridgehead atoms. The van der Waals surface area contributed by atoms with Gasteiger partial charge in [0.25, 0.3) is 5.91 Å². The maximum absolute atomic E-state index is 13.8. The summed E-state index contributed by atoms with van der Waals surface area (Å²) in [5.41, 5.74) is 4.15. The highest BCUT2D eigenvalue weighted by Crippen LogP contribution is 2.44. The fourth-order valence-electron chi connectivity index (χ4n) is 6.09. The van der Waals surface area contributed by atoms with Gasteiger partial charge in [-0.3, -0.25) is 9.69 Å². The van der Waals surface area contributed by atoms with Gasteiger partial charge in [-0.05, 0) is 91.5 Å². The minimum absolute atomic E-state index is 0.0794. The summed E-state index contributed by atoms with van der Waals surface area (Å²) in [5, 5.41) is 7.46. The van der Waals surface area contributed by atoms with E-state index in [1.807, 2.05) is 53.4 Å². The Kier molecular flexibility index (Phi) is 8.07. The summed E-state index contributed by atoms with van der Waals surface area (Å²) < 4.78 is 28.4. The van der Waals surface area contributed by atoms with Crippen molar-refractivity contribution in [2.24, 2.45) is 16.9 Å². The molecule has 3 fully saturated rings. The zero-order valence-corrected chi connectivity index (χ0v) is 24.6. The Bertz CT molecular complexity index is 1420. The Morgan fingerprint density at radius 3 is 2.40 bits per heavy atom. The standard InChI is InChI=1S/C30H34Cl2N4O3S/c31-24-10-6-20(7-11-24)16-23-2-1-3-27-29(23)34-36(30(27)22-8-12-25(32)13-9-22)28(37)19-35-15-14-26(18-35)40(38,39)33-17-21-4-5-21/h6-13,16,21,26-27,30,33H,1-5,14-15,17-19H2/b23-16-. The topological polar surface area (TPSA) is 82.1 Å². The number of allylic oxidation sites excluding steroid dienone is 1. The lowest BCUT2D eigenvalue weighted by atomic mass is 9.77. The van der Waals surface area contributed by atoms with Crippen LogP contribution in [0.15, 0.2) is 59.2 Å². The molecule has 1 saturated heterocycles. The molecule has 10 heteroatoms. The third-order valence-corrected chi connectivity index (χ3v) is 10.8. The van der Waals surface area contributed by atoms with E-state index in [2.05, 4.69) is 10.8 Å². The van der Waals surface area contributed by atoms with E-state index in [-0.39, 0.29) is 24.4 Å². The maximum Gasteiger partial charge on any atom is 0.257 e. The van der Waals surface area contributed by atoms with Crippen LogP contribution in [0.25, 0.3) is 6.08 Å². The normalized spacial score (nSPS) is 26.2.